The predicted octanol–water partition coefficient (Wildman–Crippen LogP) is 2.73. The van der Waals surface area contributed by atoms with Crippen molar-refractivity contribution in [2.45, 2.75) is 32.4 Å². The van der Waals surface area contributed by atoms with E-state index in [-0.39, 0.29) is 11.8 Å². The molecular weight excluding hydrogens is 332 g/mol. The first-order valence-corrected chi connectivity index (χ1v) is 7.02. The van der Waals surface area contributed by atoms with E-state index in [2.05, 4.69) is 21.2 Å². The van der Waals surface area contributed by atoms with Crippen molar-refractivity contribution in [3.63, 3.8) is 0 Å². The molecule has 0 aromatic heterocycles. The van der Waals surface area contributed by atoms with Gasteiger partial charge >= 0.3 is 0 Å². The third-order valence-corrected chi connectivity index (χ3v) is 4.03. The molecular formula is C13H14BrClN2O2. The Morgan fingerprint density at radius 2 is 2.00 bits per heavy atom. The minimum atomic E-state index is -0.925. The van der Waals surface area contributed by atoms with Crippen LogP contribution in [-0.2, 0) is 9.59 Å². The van der Waals surface area contributed by atoms with Gasteiger partial charge in [0.25, 0.3) is 5.91 Å². The van der Waals surface area contributed by atoms with Crippen LogP contribution in [0, 0.1) is 0 Å². The van der Waals surface area contributed by atoms with Gasteiger partial charge in [-0.1, -0.05) is 11.6 Å². The Bertz CT molecular complexity index is 560. The van der Waals surface area contributed by atoms with Crippen LogP contribution in [0.3, 0.4) is 0 Å². The standard InChI is InChI=1S/C13H14BrClN2O2/c1-7-11(18)16-13(2,3)12(19)17(7)10-6-8(15)4-5-9(10)14/h4-7H,1-3H3,(H,16,18). The zero-order valence-corrected chi connectivity index (χ0v) is 13.2. The second-order valence-electron chi connectivity index (χ2n) is 5.06. The van der Waals surface area contributed by atoms with Crippen LogP contribution in [0.1, 0.15) is 20.8 Å². The molecule has 102 valence electrons. The van der Waals surface area contributed by atoms with Crippen molar-refractivity contribution in [2.75, 3.05) is 4.90 Å². The normalized spacial score (nSPS) is 22.4. The minimum absolute atomic E-state index is 0.164. The van der Waals surface area contributed by atoms with E-state index in [1.54, 1.807) is 39.0 Å². The molecule has 1 heterocycles. The summed E-state index contributed by atoms with van der Waals surface area (Å²) in [5.74, 6) is -0.348. The van der Waals surface area contributed by atoms with Crippen molar-refractivity contribution in [2.24, 2.45) is 0 Å². The highest BCUT2D eigenvalue weighted by Gasteiger charge is 2.44. The first-order valence-electron chi connectivity index (χ1n) is 5.85. The second-order valence-corrected chi connectivity index (χ2v) is 6.35. The number of hydrogen-bond acceptors (Lipinski definition) is 2. The van der Waals surface area contributed by atoms with Crippen LogP contribution in [0.5, 0.6) is 0 Å². The van der Waals surface area contributed by atoms with E-state index in [0.717, 1.165) is 4.47 Å². The largest absolute Gasteiger partial charge is 0.340 e. The zero-order valence-electron chi connectivity index (χ0n) is 10.8. The van der Waals surface area contributed by atoms with Gasteiger partial charge in [0, 0.05) is 9.50 Å². The number of amides is 2. The Morgan fingerprint density at radius 1 is 1.37 bits per heavy atom. The number of hydrogen-bond donors (Lipinski definition) is 1. The number of carbonyl (C=O) groups is 2. The van der Waals surface area contributed by atoms with Gasteiger partial charge in [-0.3, -0.25) is 14.5 Å². The summed E-state index contributed by atoms with van der Waals surface area (Å²) >= 11 is 9.37. The number of rotatable bonds is 1. The molecule has 2 rings (SSSR count). The summed E-state index contributed by atoms with van der Waals surface area (Å²) in [6.45, 7) is 5.06. The molecule has 6 heteroatoms. The highest BCUT2D eigenvalue weighted by Crippen LogP contribution is 2.33. The highest BCUT2D eigenvalue weighted by atomic mass is 79.9. The van der Waals surface area contributed by atoms with E-state index in [1.807, 2.05) is 0 Å². The average Bonchev–Trinajstić information content (AvgIpc) is 2.31. The lowest BCUT2D eigenvalue weighted by Crippen LogP contribution is -2.67. The molecule has 1 fully saturated rings. The lowest BCUT2D eigenvalue weighted by molar-refractivity contribution is -0.136. The monoisotopic (exact) mass is 344 g/mol. The molecule has 1 saturated heterocycles. The van der Waals surface area contributed by atoms with Crippen LogP contribution in [0.2, 0.25) is 5.02 Å². The van der Waals surface area contributed by atoms with E-state index in [4.69, 9.17) is 11.6 Å². The van der Waals surface area contributed by atoms with Gasteiger partial charge in [0.2, 0.25) is 5.91 Å². The number of nitrogens with zero attached hydrogens (tertiary/aromatic N) is 1. The highest BCUT2D eigenvalue weighted by molar-refractivity contribution is 9.10. The summed E-state index contributed by atoms with van der Waals surface area (Å²) in [4.78, 5) is 26.0. The van der Waals surface area contributed by atoms with Crippen molar-refractivity contribution < 1.29 is 9.59 Å². The van der Waals surface area contributed by atoms with Gasteiger partial charge in [0.05, 0.1) is 5.69 Å². The van der Waals surface area contributed by atoms with Gasteiger partial charge < -0.3 is 5.32 Å². The van der Waals surface area contributed by atoms with Crippen molar-refractivity contribution in [1.82, 2.24) is 5.32 Å². The maximum Gasteiger partial charge on any atom is 0.252 e. The number of carbonyl (C=O) groups excluding carboxylic acids is 2. The van der Waals surface area contributed by atoms with E-state index in [0.29, 0.717) is 10.7 Å². The van der Waals surface area contributed by atoms with Crippen LogP contribution < -0.4 is 10.2 Å². The Kier molecular flexibility index (Phi) is 3.62. The summed E-state index contributed by atoms with van der Waals surface area (Å²) in [5, 5.41) is 3.23. The maximum absolute atomic E-state index is 12.5. The Morgan fingerprint density at radius 3 is 2.63 bits per heavy atom. The maximum atomic E-state index is 12.5. The predicted molar refractivity (Wildman–Crippen MR) is 78.3 cm³/mol. The SMILES string of the molecule is CC1C(=O)NC(C)(C)C(=O)N1c1cc(Cl)ccc1Br. The fourth-order valence-corrected chi connectivity index (χ4v) is 2.65. The average molecular weight is 346 g/mol. The molecule has 19 heavy (non-hydrogen) atoms. The minimum Gasteiger partial charge on any atom is -0.340 e. The quantitative estimate of drug-likeness (QED) is 0.851. The molecule has 0 spiro atoms. The van der Waals surface area contributed by atoms with E-state index in [9.17, 15) is 9.59 Å². The number of piperazine rings is 1. The van der Waals surface area contributed by atoms with Crippen molar-refractivity contribution in [1.29, 1.82) is 0 Å². The number of benzene rings is 1. The summed E-state index contributed by atoms with van der Waals surface area (Å²) < 4.78 is 0.725. The van der Waals surface area contributed by atoms with E-state index >= 15 is 0 Å². The summed E-state index contributed by atoms with van der Waals surface area (Å²) in [6, 6.07) is 4.58. The van der Waals surface area contributed by atoms with E-state index < -0.39 is 11.6 Å². The Labute approximate surface area is 125 Å². The fraction of sp³-hybridized carbons (Fsp3) is 0.385. The molecule has 0 saturated carbocycles. The lowest BCUT2D eigenvalue weighted by Gasteiger charge is -2.41. The van der Waals surface area contributed by atoms with Gasteiger partial charge in [-0.05, 0) is 54.9 Å². The van der Waals surface area contributed by atoms with Crippen LogP contribution in [0.15, 0.2) is 22.7 Å². The number of anilines is 1. The van der Waals surface area contributed by atoms with Crippen molar-refractivity contribution >= 4 is 45.0 Å². The lowest BCUT2D eigenvalue weighted by atomic mass is 9.96. The van der Waals surface area contributed by atoms with Crippen LogP contribution in [-0.4, -0.2) is 23.4 Å². The summed E-state index contributed by atoms with van der Waals surface area (Å²) in [7, 11) is 0. The molecule has 0 bridgehead atoms. The summed E-state index contributed by atoms with van der Waals surface area (Å²) in [5.41, 5.74) is -0.321. The molecule has 1 aromatic carbocycles. The molecule has 2 amide bonds. The van der Waals surface area contributed by atoms with Gasteiger partial charge in [-0.2, -0.15) is 0 Å². The third-order valence-electron chi connectivity index (χ3n) is 3.12. The van der Waals surface area contributed by atoms with Gasteiger partial charge in [-0.25, -0.2) is 0 Å². The molecule has 4 nitrogen and oxygen atoms in total. The summed E-state index contributed by atoms with van der Waals surface area (Å²) in [6.07, 6.45) is 0. The van der Waals surface area contributed by atoms with Crippen LogP contribution in [0.25, 0.3) is 0 Å². The topological polar surface area (TPSA) is 49.4 Å². The Balaban J connectivity index is 2.54. The molecule has 1 atom stereocenters. The van der Waals surface area contributed by atoms with E-state index in [1.165, 1.54) is 4.90 Å². The van der Waals surface area contributed by atoms with Crippen LogP contribution in [0.4, 0.5) is 5.69 Å². The van der Waals surface area contributed by atoms with Gasteiger partial charge in [-0.15, -0.1) is 0 Å². The molecule has 0 radical (unpaired) electrons. The molecule has 1 N–H and O–H groups in total. The molecule has 1 aromatic rings. The Hall–Kier alpha value is -1.07. The first kappa shape index (κ1) is 14.3. The first-order chi connectivity index (χ1) is 8.74. The smallest absolute Gasteiger partial charge is 0.252 e. The van der Waals surface area contributed by atoms with Gasteiger partial charge in [0.1, 0.15) is 11.6 Å². The molecule has 1 aliphatic heterocycles. The van der Waals surface area contributed by atoms with Crippen LogP contribution >= 0.6 is 27.5 Å². The number of halogens is 2. The second kappa shape index (κ2) is 4.80. The molecule has 1 unspecified atom stereocenters. The third kappa shape index (κ3) is 2.49. The molecule has 1 aliphatic rings. The fourth-order valence-electron chi connectivity index (χ4n) is 2.05. The molecule has 0 aliphatic carbocycles. The van der Waals surface area contributed by atoms with Gasteiger partial charge in [0.15, 0.2) is 0 Å². The van der Waals surface area contributed by atoms with Crippen molar-refractivity contribution in [3.05, 3.63) is 27.7 Å². The number of nitrogens with one attached hydrogen (secondary N) is 1. The van der Waals surface area contributed by atoms with Crippen molar-refractivity contribution in [3.8, 4) is 0 Å². The zero-order chi connectivity index (χ0) is 14.4.